The van der Waals surface area contributed by atoms with Gasteiger partial charge in [-0.25, -0.2) is 0 Å². The molecule has 0 saturated carbocycles. The van der Waals surface area contributed by atoms with Crippen molar-refractivity contribution < 1.29 is 14.2 Å². The second-order valence-electron chi connectivity index (χ2n) is 3.78. The third-order valence-corrected chi connectivity index (χ3v) is 2.00. The molecule has 0 aromatic rings. The summed E-state index contributed by atoms with van der Waals surface area (Å²) in [5.74, 6) is 0. The molecule has 3 nitrogen and oxygen atoms in total. The molecule has 0 amide bonds. The lowest BCUT2D eigenvalue weighted by atomic mass is 10.2. The van der Waals surface area contributed by atoms with Gasteiger partial charge in [-0.2, -0.15) is 0 Å². The van der Waals surface area contributed by atoms with Gasteiger partial charge >= 0.3 is 0 Å². The Hall–Kier alpha value is -0.380. The molecule has 0 spiro atoms. The van der Waals surface area contributed by atoms with Crippen LogP contribution in [-0.2, 0) is 14.2 Å². The average Bonchev–Trinajstić information content (AvgIpc) is 2.27. The Labute approximate surface area is 99.8 Å². The molecule has 0 heterocycles. The molecule has 0 unspecified atom stereocenters. The standard InChI is InChI=1S/C13H26O3/c1-4-6-13(3)12-16-11-10-15-9-8-14-7-5-2/h3-12H2,1-2H3. The highest BCUT2D eigenvalue weighted by molar-refractivity contribution is 4.93. The third-order valence-electron chi connectivity index (χ3n) is 2.00. The van der Waals surface area contributed by atoms with Gasteiger partial charge < -0.3 is 14.2 Å². The van der Waals surface area contributed by atoms with Crippen molar-refractivity contribution in [1.82, 2.24) is 0 Å². The van der Waals surface area contributed by atoms with Crippen LogP contribution in [0.3, 0.4) is 0 Å². The van der Waals surface area contributed by atoms with Crippen molar-refractivity contribution in [2.24, 2.45) is 0 Å². The van der Waals surface area contributed by atoms with Gasteiger partial charge in [-0.3, -0.25) is 0 Å². The van der Waals surface area contributed by atoms with E-state index >= 15 is 0 Å². The molecule has 3 heteroatoms. The summed E-state index contributed by atoms with van der Waals surface area (Å²) in [6, 6.07) is 0. The molecular formula is C13H26O3. The van der Waals surface area contributed by atoms with Crippen LogP contribution >= 0.6 is 0 Å². The van der Waals surface area contributed by atoms with E-state index in [1.54, 1.807) is 0 Å². The molecule has 0 aromatic heterocycles. The van der Waals surface area contributed by atoms with Crippen molar-refractivity contribution in [3.05, 3.63) is 12.2 Å². The van der Waals surface area contributed by atoms with Crippen LogP contribution in [0.2, 0.25) is 0 Å². The predicted octanol–water partition coefficient (Wildman–Crippen LogP) is 2.80. The van der Waals surface area contributed by atoms with E-state index in [1.807, 2.05) is 0 Å². The highest BCUT2D eigenvalue weighted by Crippen LogP contribution is 2.01. The van der Waals surface area contributed by atoms with Crippen LogP contribution in [0.25, 0.3) is 0 Å². The zero-order valence-electron chi connectivity index (χ0n) is 10.8. The van der Waals surface area contributed by atoms with Gasteiger partial charge in [0, 0.05) is 6.61 Å². The quantitative estimate of drug-likeness (QED) is 0.381. The first-order valence-corrected chi connectivity index (χ1v) is 6.21. The minimum absolute atomic E-state index is 0.634. The van der Waals surface area contributed by atoms with Gasteiger partial charge in [-0.15, -0.1) is 0 Å². The molecule has 0 rings (SSSR count). The number of hydrogen-bond donors (Lipinski definition) is 0. The fraction of sp³-hybridized carbons (Fsp3) is 0.846. The number of hydrogen-bond acceptors (Lipinski definition) is 3. The smallest absolute Gasteiger partial charge is 0.0704 e. The van der Waals surface area contributed by atoms with Crippen LogP contribution < -0.4 is 0 Å². The highest BCUT2D eigenvalue weighted by Gasteiger charge is 1.94. The molecule has 0 bridgehead atoms. The van der Waals surface area contributed by atoms with Gasteiger partial charge in [-0.05, 0) is 12.8 Å². The Morgan fingerprint density at radius 3 is 1.94 bits per heavy atom. The normalized spacial score (nSPS) is 10.6. The summed E-state index contributed by atoms with van der Waals surface area (Å²) in [7, 11) is 0. The first-order chi connectivity index (χ1) is 7.81. The predicted molar refractivity (Wildman–Crippen MR) is 66.8 cm³/mol. The van der Waals surface area contributed by atoms with Gasteiger partial charge in [0.25, 0.3) is 0 Å². The van der Waals surface area contributed by atoms with Crippen LogP contribution in [0.5, 0.6) is 0 Å². The lowest BCUT2D eigenvalue weighted by Crippen LogP contribution is -2.10. The minimum Gasteiger partial charge on any atom is -0.379 e. The van der Waals surface area contributed by atoms with Crippen molar-refractivity contribution in [2.45, 2.75) is 33.1 Å². The van der Waals surface area contributed by atoms with E-state index in [0.717, 1.165) is 31.4 Å². The maximum Gasteiger partial charge on any atom is 0.0704 e. The summed E-state index contributed by atoms with van der Waals surface area (Å²) < 4.78 is 16.0. The van der Waals surface area contributed by atoms with Crippen LogP contribution in [-0.4, -0.2) is 39.6 Å². The van der Waals surface area contributed by atoms with Gasteiger partial charge in [0.05, 0.1) is 33.0 Å². The molecule has 0 aliphatic carbocycles. The zero-order valence-corrected chi connectivity index (χ0v) is 10.8. The fourth-order valence-corrected chi connectivity index (χ4v) is 1.23. The molecule has 0 saturated heterocycles. The second kappa shape index (κ2) is 12.7. The summed E-state index contributed by atoms with van der Waals surface area (Å²) in [6.45, 7) is 12.2. The molecule has 0 aromatic carbocycles. The topological polar surface area (TPSA) is 27.7 Å². The first kappa shape index (κ1) is 15.6. The third kappa shape index (κ3) is 11.7. The SMILES string of the molecule is C=C(CCC)COCCOCCOCCC. The van der Waals surface area contributed by atoms with Crippen molar-refractivity contribution in [2.75, 3.05) is 39.6 Å². The summed E-state index contributed by atoms with van der Waals surface area (Å²) in [6.07, 6.45) is 3.24. The molecule has 0 aliphatic heterocycles. The molecular weight excluding hydrogens is 204 g/mol. The van der Waals surface area contributed by atoms with Crippen LogP contribution in [0.15, 0.2) is 12.2 Å². The van der Waals surface area contributed by atoms with E-state index in [2.05, 4.69) is 20.4 Å². The van der Waals surface area contributed by atoms with E-state index in [4.69, 9.17) is 14.2 Å². The first-order valence-electron chi connectivity index (χ1n) is 6.21. The minimum atomic E-state index is 0.634. The van der Waals surface area contributed by atoms with E-state index in [-0.39, 0.29) is 0 Å². The van der Waals surface area contributed by atoms with Crippen LogP contribution in [0, 0.1) is 0 Å². The maximum atomic E-state index is 5.41. The number of rotatable bonds is 12. The average molecular weight is 230 g/mol. The van der Waals surface area contributed by atoms with E-state index in [9.17, 15) is 0 Å². The lowest BCUT2D eigenvalue weighted by Gasteiger charge is -2.07. The lowest BCUT2D eigenvalue weighted by molar-refractivity contribution is 0.0184. The maximum absolute atomic E-state index is 5.41. The van der Waals surface area contributed by atoms with Crippen LogP contribution in [0.4, 0.5) is 0 Å². The summed E-state index contributed by atoms with van der Waals surface area (Å²) in [4.78, 5) is 0. The van der Waals surface area contributed by atoms with Crippen molar-refractivity contribution in [3.63, 3.8) is 0 Å². The molecule has 96 valence electrons. The fourth-order valence-electron chi connectivity index (χ4n) is 1.23. The highest BCUT2D eigenvalue weighted by atomic mass is 16.5. The Balaban J connectivity index is 3.01. The monoisotopic (exact) mass is 230 g/mol. The Bertz CT molecular complexity index is 157. The molecule has 0 radical (unpaired) electrons. The summed E-state index contributed by atoms with van der Waals surface area (Å²) in [5.41, 5.74) is 1.16. The molecule has 16 heavy (non-hydrogen) atoms. The van der Waals surface area contributed by atoms with Crippen molar-refractivity contribution in [3.8, 4) is 0 Å². The van der Waals surface area contributed by atoms with Gasteiger partial charge in [-0.1, -0.05) is 32.4 Å². The molecule has 0 N–H and O–H groups in total. The molecule has 0 aliphatic rings. The van der Waals surface area contributed by atoms with Crippen LogP contribution in [0.1, 0.15) is 33.1 Å². The van der Waals surface area contributed by atoms with Gasteiger partial charge in [0.1, 0.15) is 0 Å². The summed E-state index contributed by atoms with van der Waals surface area (Å²) >= 11 is 0. The van der Waals surface area contributed by atoms with Crippen molar-refractivity contribution in [1.29, 1.82) is 0 Å². The zero-order chi connectivity index (χ0) is 12.1. The largest absolute Gasteiger partial charge is 0.379 e. The van der Waals surface area contributed by atoms with Gasteiger partial charge in [0.2, 0.25) is 0 Å². The Kier molecular flexibility index (Phi) is 12.4. The molecule has 0 atom stereocenters. The van der Waals surface area contributed by atoms with Crippen molar-refractivity contribution >= 4 is 0 Å². The van der Waals surface area contributed by atoms with Gasteiger partial charge in [0.15, 0.2) is 0 Å². The van der Waals surface area contributed by atoms with E-state index in [1.165, 1.54) is 0 Å². The Morgan fingerprint density at radius 2 is 1.38 bits per heavy atom. The second-order valence-corrected chi connectivity index (χ2v) is 3.78. The Morgan fingerprint density at radius 1 is 0.812 bits per heavy atom. The molecule has 0 fully saturated rings. The number of ether oxygens (including phenoxy) is 3. The van der Waals surface area contributed by atoms with E-state index in [0.29, 0.717) is 33.0 Å². The van der Waals surface area contributed by atoms with E-state index < -0.39 is 0 Å². The summed E-state index contributed by atoms with van der Waals surface area (Å²) in [5, 5.41) is 0.